The lowest BCUT2D eigenvalue weighted by Gasteiger charge is -1.84. The first-order valence-electron chi connectivity index (χ1n) is 2.60. The smallest absolute Gasteiger partial charge is 0.282 e. The molecule has 9 heavy (non-hydrogen) atoms. The van der Waals surface area contributed by atoms with Gasteiger partial charge in [0.15, 0.2) is 5.76 Å². The molecular formula is C5H8N2O2. The minimum atomic E-state index is -0.157. The fraction of sp³-hybridized carbons (Fsp3) is 0.400. The van der Waals surface area contributed by atoms with Crippen LogP contribution in [-0.2, 0) is 13.6 Å². The molecule has 0 unspecified atom stereocenters. The van der Waals surface area contributed by atoms with Gasteiger partial charge in [0.2, 0.25) is 0 Å². The molecule has 4 nitrogen and oxygen atoms in total. The Morgan fingerprint density at radius 1 is 1.89 bits per heavy atom. The molecular weight excluding hydrogens is 120 g/mol. The van der Waals surface area contributed by atoms with E-state index in [1.54, 1.807) is 7.05 Å². The number of nitrogens with zero attached hydrogens (tertiary/aromatic N) is 1. The van der Waals surface area contributed by atoms with Gasteiger partial charge in [0, 0.05) is 13.1 Å². The van der Waals surface area contributed by atoms with Crippen LogP contribution >= 0.6 is 0 Å². The van der Waals surface area contributed by atoms with Crippen molar-refractivity contribution in [2.24, 2.45) is 12.8 Å². The third-order valence-electron chi connectivity index (χ3n) is 1.05. The molecule has 0 bridgehead atoms. The molecule has 50 valence electrons. The predicted octanol–water partition coefficient (Wildman–Crippen LogP) is -0.563. The number of aromatic nitrogens is 1. The van der Waals surface area contributed by atoms with Crippen molar-refractivity contribution < 1.29 is 4.52 Å². The first kappa shape index (κ1) is 6.10. The highest BCUT2D eigenvalue weighted by atomic mass is 16.5. The van der Waals surface area contributed by atoms with Gasteiger partial charge in [-0.15, -0.1) is 0 Å². The predicted molar refractivity (Wildman–Crippen MR) is 31.8 cm³/mol. The van der Waals surface area contributed by atoms with Crippen LogP contribution in [0.2, 0.25) is 0 Å². The Morgan fingerprint density at radius 2 is 2.56 bits per heavy atom. The number of rotatable bonds is 1. The summed E-state index contributed by atoms with van der Waals surface area (Å²) in [6.45, 7) is 0.274. The van der Waals surface area contributed by atoms with Gasteiger partial charge in [0.1, 0.15) is 0 Å². The van der Waals surface area contributed by atoms with E-state index in [1.165, 1.54) is 6.07 Å². The van der Waals surface area contributed by atoms with Crippen LogP contribution in [0.15, 0.2) is 15.4 Å². The number of nitrogens with two attached hydrogens (primary N) is 1. The largest absolute Gasteiger partial charge is 0.380 e. The van der Waals surface area contributed by atoms with Gasteiger partial charge in [-0.1, -0.05) is 0 Å². The summed E-state index contributed by atoms with van der Waals surface area (Å²) in [5.74, 6) is 0.516. The molecule has 4 heteroatoms. The van der Waals surface area contributed by atoms with E-state index in [0.717, 1.165) is 4.74 Å². The average Bonchev–Trinajstić information content (AvgIpc) is 2.13. The van der Waals surface area contributed by atoms with Crippen LogP contribution < -0.4 is 11.3 Å². The summed E-state index contributed by atoms with van der Waals surface area (Å²) in [5, 5.41) is 0. The van der Waals surface area contributed by atoms with E-state index < -0.39 is 0 Å². The van der Waals surface area contributed by atoms with Crippen molar-refractivity contribution in [1.82, 2.24) is 4.74 Å². The summed E-state index contributed by atoms with van der Waals surface area (Å²) in [4.78, 5) is 10.6. The molecule has 0 spiro atoms. The second-order valence-corrected chi connectivity index (χ2v) is 1.74. The van der Waals surface area contributed by atoms with Crippen LogP contribution in [0, 0.1) is 0 Å². The van der Waals surface area contributed by atoms with E-state index in [1.807, 2.05) is 0 Å². The van der Waals surface area contributed by atoms with Crippen LogP contribution in [0.25, 0.3) is 0 Å². The zero-order chi connectivity index (χ0) is 6.85. The van der Waals surface area contributed by atoms with Gasteiger partial charge in [-0.05, 0) is 0 Å². The van der Waals surface area contributed by atoms with Crippen LogP contribution in [0.1, 0.15) is 5.76 Å². The van der Waals surface area contributed by atoms with E-state index in [2.05, 4.69) is 0 Å². The number of hydrogen-bond acceptors (Lipinski definition) is 3. The van der Waals surface area contributed by atoms with Crippen LogP contribution in [0.3, 0.4) is 0 Å². The molecule has 0 fully saturated rings. The molecule has 1 aromatic rings. The first-order chi connectivity index (χ1) is 4.24. The summed E-state index contributed by atoms with van der Waals surface area (Å²) in [5.41, 5.74) is 5.03. The zero-order valence-corrected chi connectivity index (χ0v) is 5.13. The summed E-state index contributed by atoms with van der Waals surface area (Å²) in [6, 6.07) is 1.38. The Bertz CT molecular complexity index is 248. The van der Waals surface area contributed by atoms with Gasteiger partial charge in [-0.3, -0.25) is 4.79 Å². The lowest BCUT2D eigenvalue weighted by Crippen LogP contribution is -2.07. The maximum absolute atomic E-state index is 10.6. The van der Waals surface area contributed by atoms with E-state index >= 15 is 0 Å². The van der Waals surface area contributed by atoms with Gasteiger partial charge in [-0.2, -0.15) is 4.74 Å². The fourth-order valence-corrected chi connectivity index (χ4v) is 0.572. The van der Waals surface area contributed by atoms with Crippen molar-refractivity contribution in [2.45, 2.75) is 6.54 Å². The molecule has 0 amide bonds. The Labute approximate surface area is 51.8 Å². The summed E-state index contributed by atoms with van der Waals surface area (Å²) in [7, 11) is 1.54. The lowest BCUT2D eigenvalue weighted by atomic mass is 10.5. The van der Waals surface area contributed by atoms with Gasteiger partial charge in [0.25, 0.3) is 5.56 Å². The molecule has 0 aliphatic heterocycles. The van der Waals surface area contributed by atoms with Gasteiger partial charge in [0.05, 0.1) is 6.54 Å². The monoisotopic (exact) mass is 128 g/mol. The van der Waals surface area contributed by atoms with Crippen LogP contribution in [0.5, 0.6) is 0 Å². The molecule has 1 heterocycles. The number of hydrogen-bond donors (Lipinski definition) is 1. The summed E-state index contributed by atoms with van der Waals surface area (Å²) < 4.78 is 5.98. The standard InChI is InChI=1S/C5H8N2O2/c1-7-5(8)2-4(3-6)9-7/h2H,3,6H2,1H3. The highest BCUT2D eigenvalue weighted by molar-refractivity contribution is 4.92. The van der Waals surface area contributed by atoms with Crippen molar-refractivity contribution in [1.29, 1.82) is 0 Å². The third kappa shape index (κ3) is 1.02. The molecule has 1 aromatic heterocycles. The molecule has 0 saturated heterocycles. The normalized spacial score (nSPS) is 10.0. The summed E-state index contributed by atoms with van der Waals surface area (Å²) >= 11 is 0. The number of aryl methyl sites for hydroxylation is 1. The Morgan fingerprint density at radius 3 is 2.78 bits per heavy atom. The lowest BCUT2D eigenvalue weighted by molar-refractivity contribution is 0.276. The SMILES string of the molecule is Cn1oc(CN)cc1=O. The third-order valence-corrected chi connectivity index (χ3v) is 1.05. The highest BCUT2D eigenvalue weighted by Gasteiger charge is 1.97. The minimum Gasteiger partial charge on any atom is -0.380 e. The second-order valence-electron chi connectivity index (χ2n) is 1.74. The first-order valence-corrected chi connectivity index (χ1v) is 2.60. The molecule has 0 atom stereocenters. The van der Waals surface area contributed by atoms with Gasteiger partial charge < -0.3 is 10.3 Å². The van der Waals surface area contributed by atoms with Crippen molar-refractivity contribution in [2.75, 3.05) is 0 Å². The van der Waals surface area contributed by atoms with Crippen molar-refractivity contribution >= 4 is 0 Å². The molecule has 0 radical (unpaired) electrons. The highest BCUT2D eigenvalue weighted by Crippen LogP contribution is 1.89. The minimum absolute atomic E-state index is 0.157. The molecule has 1 rings (SSSR count). The van der Waals surface area contributed by atoms with Crippen LogP contribution in [0.4, 0.5) is 0 Å². The quantitative estimate of drug-likeness (QED) is 0.551. The Kier molecular flexibility index (Phi) is 1.40. The van der Waals surface area contributed by atoms with Crippen LogP contribution in [-0.4, -0.2) is 4.74 Å². The fourth-order valence-electron chi connectivity index (χ4n) is 0.572. The summed E-state index contributed by atoms with van der Waals surface area (Å²) in [6.07, 6.45) is 0. The molecule has 0 saturated carbocycles. The topological polar surface area (TPSA) is 61.2 Å². The molecule has 0 aromatic carbocycles. The Balaban J connectivity index is 3.13. The van der Waals surface area contributed by atoms with E-state index in [9.17, 15) is 4.79 Å². The van der Waals surface area contributed by atoms with Crippen molar-refractivity contribution in [3.63, 3.8) is 0 Å². The maximum atomic E-state index is 10.6. The van der Waals surface area contributed by atoms with Gasteiger partial charge >= 0.3 is 0 Å². The maximum Gasteiger partial charge on any atom is 0.282 e. The second kappa shape index (κ2) is 2.06. The molecule has 2 N–H and O–H groups in total. The average molecular weight is 128 g/mol. The van der Waals surface area contributed by atoms with Gasteiger partial charge in [-0.25, -0.2) is 0 Å². The van der Waals surface area contributed by atoms with Crippen molar-refractivity contribution in [3.05, 3.63) is 22.2 Å². The van der Waals surface area contributed by atoms with E-state index in [0.29, 0.717) is 5.76 Å². The van der Waals surface area contributed by atoms with E-state index in [4.69, 9.17) is 10.3 Å². The van der Waals surface area contributed by atoms with E-state index in [-0.39, 0.29) is 12.1 Å². The van der Waals surface area contributed by atoms with Crippen molar-refractivity contribution in [3.8, 4) is 0 Å². The Hall–Kier alpha value is -1.03. The molecule has 0 aliphatic rings. The zero-order valence-electron chi connectivity index (χ0n) is 5.13. The molecule has 0 aliphatic carbocycles.